The second-order valence-electron chi connectivity index (χ2n) is 5.97. The predicted octanol–water partition coefficient (Wildman–Crippen LogP) is 0.965. The molecule has 0 aromatic heterocycles. The van der Waals surface area contributed by atoms with Crippen molar-refractivity contribution >= 4 is 17.8 Å². The van der Waals surface area contributed by atoms with Crippen molar-refractivity contribution in [2.24, 2.45) is 0 Å². The molecule has 1 fully saturated rings. The number of hydrogen-bond acceptors (Lipinski definition) is 5. The summed E-state index contributed by atoms with van der Waals surface area (Å²) < 4.78 is 10.7. The van der Waals surface area contributed by atoms with Crippen molar-refractivity contribution in [3.05, 3.63) is 29.8 Å². The second kappa shape index (κ2) is 9.19. The number of carboxylic acids is 1. The summed E-state index contributed by atoms with van der Waals surface area (Å²) in [5, 5.41) is 11.9. The van der Waals surface area contributed by atoms with Gasteiger partial charge in [-0.25, -0.2) is 4.79 Å². The normalized spacial score (nSPS) is 18.1. The van der Waals surface area contributed by atoms with Crippen LogP contribution in [-0.4, -0.2) is 60.2 Å². The van der Waals surface area contributed by atoms with Crippen LogP contribution in [0.15, 0.2) is 24.3 Å². The minimum Gasteiger partial charge on any atom is -0.494 e. The van der Waals surface area contributed by atoms with E-state index in [9.17, 15) is 14.4 Å². The summed E-state index contributed by atoms with van der Waals surface area (Å²) in [6, 6.07) is 6.66. The van der Waals surface area contributed by atoms with Gasteiger partial charge in [-0.2, -0.15) is 0 Å². The van der Waals surface area contributed by atoms with Gasteiger partial charge in [0, 0.05) is 19.0 Å². The summed E-state index contributed by atoms with van der Waals surface area (Å²) in [7, 11) is 0. The quantitative estimate of drug-likeness (QED) is 0.747. The lowest BCUT2D eigenvalue weighted by atomic mass is 10.0. The Kier molecular flexibility index (Phi) is 6.97. The number of carbonyl (C=O) groups is 3. The highest BCUT2D eigenvalue weighted by molar-refractivity contribution is 5.81. The minimum atomic E-state index is -1.09. The monoisotopic (exact) mass is 364 g/mol. The van der Waals surface area contributed by atoms with Gasteiger partial charge >= 0.3 is 5.97 Å². The van der Waals surface area contributed by atoms with Crippen molar-refractivity contribution in [3.63, 3.8) is 0 Å². The van der Waals surface area contributed by atoms with E-state index in [1.165, 1.54) is 11.8 Å². The summed E-state index contributed by atoms with van der Waals surface area (Å²) in [5.41, 5.74) is 0.709. The molecule has 1 aromatic rings. The number of amides is 2. The van der Waals surface area contributed by atoms with Gasteiger partial charge in [-0.1, -0.05) is 18.2 Å². The Bertz CT molecular complexity index is 663. The molecule has 8 nitrogen and oxygen atoms in total. The molecule has 1 aliphatic heterocycles. The van der Waals surface area contributed by atoms with Crippen molar-refractivity contribution in [1.82, 2.24) is 10.2 Å². The molecule has 0 bridgehead atoms. The average molecular weight is 364 g/mol. The molecule has 1 heterocycles. The Labute approximate surface area is 152 Å². The maximum atomic E-state index is 12.7. The van der Waals surface area contributed by atoms with Crippen molar-refractivity contribution in [2.45, 2.75) is 32.4 Å². The summed E-state index contributed by atoms with van der Waals surface area (Å²) in [6.45, 7) is 4.19. The average Bonchev–Trinajstić information content (AvgIpc) is 2.61. The number of ether oxygens (including phenoxy) is 2. The fraction of sp³-hybridized carbons (Fsp3) is 0.500. The molecule has 8 heteroatoms. The molecule has 2 rings (SSSR count). The van der Waals surface area contributed by atoms with Crippen LogP contribution in [0.5, 0.6) is 5.75 Å². The number of benzene rings is 1. The lowest BCUT2D eigenvalue weighted by molar-refractivity contribution is -0.159. The van der Waals surface area contributed by atoms with Gasteiger partial charge in [0.15, 0.2) is 6.10 Å². The summed E-state index contributed by atoms with van der Waals surface area (Å²) in [6.07, 6.45) is -1.02. The first-order chi connectivity index (χ1) is 12.4. The maximum absolute atomic E-state index is 12.7. The molecule has 142 valence electrons. The molecule has 0 spiro atoms. The van der Waals surface area contributed by atoms with E-state index in [2.05, 4.69) is 5.32 Å². The Balaban J connectivity index is 2.16. The zero-order chi connectivity index (χ0) is 19.1. The van der Waals surface area contributed by atoms with E-state index < -0.39 is 18.1 Å². The van der Waals surface area contributed by atoms with Gasteiger partial charge in [0.1, 0.15) is 5.75 Å². The molecule has 2 N–H and O–H groups in total. The molecule has 0 aliphatic carbocycles. The van der Waals surface area contributed by atoms with Crippen LogP contribution in [0.2, 0.25) is 0 Å². The predicted molar refractivity (Wildman–Crippen MR) is 92.7 cm³/mol. The molecule has 26 heavy (non-hydrogen) atoms. The second-order valence-corrected chi connectivity index (χ2v) is 5.97. The van der Waals surface area contributed by atoms with Gasteiger partial charge in [-0.05, 0) is 13.0 Å². The standard InChI is InChI=1S/C18H24N2O6/c1-3-25-15-7-5-4-6-13(15)14(19-12(2)21)10-17(22)20-8-9-26-16(11-20)18(23)24/h4-7,14,16H,3,8-11H2,1-2H3,(H,19,21)(H,23,24)/t14-,16+/m0/s1. The number of para-hydroxylation sites is 1. The smallest absolute Gasteiger partial charge is 0.334 e. The third-order valence-corrected chi connectivity index (χ3v) is 4.05. The Morgan fingerprint density at radius 1 is 1.38 bits per heavy atom. The number of aliphatic carboxylic acids is 1. The van der Waals surface area contributed by atoms with Gasteiger partial charge in [-0.3, -0.25) is 9.59 Å². The van der Waals surface area contributed by atoms with Gasteiger partial charge in [0.25, 0.3) is 0 Å². The minimum absolute atomic E-state index is 0.00589. The summed E-state index contributed by atoms with van der Waals surface area (Å²) in [4.78, 5) is 36.9. The van der Waals surface area contributed by atoms with Crippen LogP contribution in [0, 0.1) is 0 Å². The third kappa shape index (κ3) is 5.19. The Morgan fingerprint density at radius 2 is 2.12 bits per heavy atom. The number of nitrogens with one attached hydrogen (secondary N) is 1. The molecule has 2 amide bonds. The van der Waals surface area contributed by atoms with Gasteiger partial charge in [0.05, 0.1) is 32.2 Å². The topological polar surface area (TPSA) is 105 Å². The van der Waals surface area contributed by atoms with Gasteiger partial charge in [0.2, 0.25) is 11.8 Å². The SMILES string of the molecule is CCOc1ccccc1[C@H](CC(=O)N1CCO[C@@H](C(=O)O)C1)NC(C)=O. The van der Waals surface area contributed by atoms with E-state index in [0.717, 1.165) is 0 Å². The molecule has 1 aromatic carbocycles. The van der Waals surface area contributed by atoms with E-state index in [-0.39, 0.29) is 31.4 Å². The third-order valence-electron chi connectivity index (χ3n) is 4.05. The van der Waals surface area contributed by atoms with E-state index >= 15 is 0 Å². The molecule has 1 aliphatic rings. The highest BCUT2D eigenvalue weighted by atomic mass is 16.5. The van der Waals surface area contributed by atoms with Crippen LogP contribution < -0.4 is 10.1 Å². The molecule has 0 saturated carbocycles. The Hall–Kier alpha value is -2.61. The number of nitrogens with zero attached hydrogens (tertiary/aromatic N) is 1. The number of carbonyl (C=O) groups excluding carboxylic acids is 2. The zero-order valence-corrected chi connectivity index (χ0v) is 14.9. The Morgan fingerprint density at radius 3 is 2.77 bits per heavy atom. The van der Waals surface area contributed by atoms with E-state index in [4.69, 9.17) is 14.6 Å². The first-order valence-corrected chi connectivity index (χ1v) is 8.53. The maximum Gasteiger partial charge on any atom is 0.334 e. The molecule has 1 saturated heterocycles. The fourth-order valence-corrected chi connectivity index (χ4v) is 2.87. The number of carboxylic acid groups (broad SMARTS) is 1. The highest BCUT2D eigenvalue weighted by Gasteiger charge is 2.31. The first-order valence-electron chi connectivity index (χ1n) is 8.53. The van der Waals surface area contributed by atoms with Crippen molar-refractivity contribution in [3.8, 4) is 5.75 Å². The van der Waals surface area contributed by atoms with Crippen LogP contribution in [-0.2, 0) is 19.1 Å². The molecular weight excluding hydrogens is 340 g/mol. The highest BCUT2D eigenvalue weighted by Crippen LogP contribution is 2.28. The lowest BCUT2D eigenvalue weighted by Crippen LogP contribution is -2.49. The van der Waals surface area contributed by atoms with Crippen LogP contribution in [0.1, 0.15) is 31.9 Å². The molecule has 0 unspecified atom stereocenters. The first kappa shape index (κ1) is 19.7. The summed E-state index contributed by atoms with van der Waals surface area (Å²) in [5.74, 6) is -1.00. The molecule has 0 radical (unpaired) electrons. The summed E-state index contributed by atoms with van der Waals surface area (Å²) >= 11 is 0. The van der Waals surface area contributed by atoms with Crippen LogP contribution in [0.25, 0.3) is 0 Å². The largest absolute Gasteiger partial charge is 0.494 e. The van der Waals surface area contributed by atoms with Crippen molar-refractivity contribution < 1.29 is 29.0 Å². The van der Waals surface area contributed by atoms with E-state index in [0.29, 0.717) is 24.5 Å². The molecule has 2 atom stereocenters. The van der Waals surface area contributed by atoms with Gasteiger partial charge < -0.3 is 24.8 Å². The van der Waals surface area contributed by atoms with Crippen LogP contribution in [0.3, 0.4) is 0 Å². The molecular formula is C18H24N2O6. The number of morpholine rings is 1. The van der Waals surface area contributed by atoms with Crippen molar-refractivity contribution in [2.75, 3.05) is 26.3 Å². The lowest BCUT2D eigenvalue weighted by Gasteiger charge is -2.32. The van der Waals surface area contributed by atoms with E-state index in [1.54, 1.807) is 12.1 Å². The number of hydrogen-bond donors (Lipinski definition) is 2. The number of rotatable bonds is 7. The van der Waals surface area contributed by atoms with Gasteiger partial charge in [-0.15, -0.1) is 0 Å². The van der Waals surface area contributed by atoms with Crippen molar-refractivity contribution in [1.29, 1.82) is 0 Å². The fourth-order valence-electron chi connectivity index (χ4n) is 2.87. The van der Waals surface area contributed by atoms with Crippen LogP contribution >= 0.6 is 0 Å². The van der Waals surface area contributed by atoms with Crippen LogP contribution in [0.4, 0.5) is 0 Å². The zero-order valence-electron chi connectivity index (χ0n) is 14.9. The van der Waals surface area contributed by atoms with E-state index in [1.807, 2.05) is 19.1 Å².